The Morgan fingerprint density at radius 1 is 1.04 bits per heavy atom. The Morgan fingerprint density at radius 2 is 1.65 bits per heavy atom. The molecule has 0 aromatic heterocycles. The number of carbonyl (C=O) groups excluding carboxylic acids is 1. The fourth-order valence-electron chi connectivity index (χ4n) is 2.56. The van der Waals surface area contributed by atoms with Crippen LogP contribution in [0.25, 0.3) is 0 Å². The molecule has 1 amide bonds. The van der Waals surface area contributed by atoms with Crippen molar-refractivity contribution in [3.63, 3.8) is 0 Å². The largest absolute Gasteiger partial charge is 0.370 e. The minimum absolute atomic E-state index is 0.0256. The number of hydrogen-bond acceptors (Lipinski definition) is 2. The third-order valence-corrected chi connectivity index (χ3v) is 3.84. The summed E-state index contributed by atoms with van der Waals surface area (Å²) in [6, 6.07) is 15.8. The summed E-state index contributed by atoms with van der Waals surface area (Å²) >= 11 is 0. The second kappa shape index (κ2) is 9.61. The molecule has 5 heteroatoms. The van der Waals surface area contributed by atoms with Crippen molar-refractivity contribution in [3.8, 4) is 0 Å². The van der Waals surface area contributed by atoms with Gasteiger partial charge in [-0.15, -0.1) is 0 Å². The van der Waals surface area contributed by atoms with Gasteiger partial charge in [-0.2, -0.15) is 0 Å². The van der Waals surface area contributed by atoms with Gasteiger partial charge in [-0.3, -0.25) is 4.79 Å². The maximum absolute atomic E-state index is 11.9. The van der Waals surface area contributed by atoms with Crippen LogP contribution in [0.2, 0.25) is 0 Å². The number of nitrogens with one attached hydrogen (secondary N) is 2. The minimum Gasteiger partial charge on any atom is -0.370 e. The smallest absolute Gasteiger partial charge is 0.224 e. The van der Waals surface area contributed by atoms with Crippen LogP contribution in [0.1, 0.15) is 38.3 Å². The van der Waals surface area contributed by atoms with E-state index in [9.17, 15) is 4.79 Å². The minimum atomic E-state index is 0.0256. The summed E-state index contributed by atoms with van der Waals surface area (Å²) in [6.45, 7) is 6.61. The molecule has 2 rings (SSSR count). The Morgan fingerprint density at radius 3 is 2.31 bits per heavy atom. The number of nitrogens with zero attached hydrogens (tertiary/aromatic N) is 1. The van der Waals surface area contributed by atoms with Gasteiger partial charge in [0.15, 0.2) is 5.96 Å². The first-order chi connectivity index (χ1) is 12.5. The number of hydrogen-bond donors (Lipinski definition) is 3. The second-order valence-electron chi connectivity index (χ2n) is 6.73. The van der Waals surface area contributed by atoms with Crippen LogP contribution in [0.4, 0.5) is 11.4 Å². The third kappa shape index (κ3) is 6.59. The van der Waals surface area contributed by atoms with E-state index in [4.69, 9.17) is 5.73 Å². The number of carbonyl (C=O) groups is 1. The highest BCUT2D eigenvalue weighted by Crippen LogP contribution is 2.14. The predicted molar refractivity (Wildman–Crippen MR) is 109 cm³/mol. The van der Waals surface area contributed by atoms with E-state index in [0.29, 0.717) is 24.8 Å². The molecule has 0 aliphatic heterocycles. The van der Waals surface area contributed by atoms with E-state index in [2.05, 4.69) is 34.7 Å². The van der Waals surface area contributed by atoms with E-state index >= 15 is 0 Å². The molecule has 0 aliphatic rings. The highest BCUT2D eigenvalue weighted by atomic mass is 16.1. The topological polar surface area (TPSA) is 79.5 Å². The van der Waals surface area contributed by atoms with Crippen LogP contribution in [0, 0.1) is 5.92 Å². The van der Waals surface area contributed by atoms with Crippen LogP contribution in [0.3, 0.4) is 0 Å². The molecule has 2 aromatic rings. The summed E-state index contributed by atoms with van der Waals surface area (Å²) in [4.78, 5) is 16.3. The Labute approximate surface area is 155 Å². The molecule has 0 saturated heterocycles. The van der Waals surface area contributed by atoms with E-state index < -0.39 is 0 Å². The van der Waals surface area contributed by atoms with Crippen molar-refractivity contribution in [2.75, 3.05) is 10.6 Å². The van der Waals surface area contributed by atoms with Gasteiger partial charge in [0.05, 0.1) is 6.54 Å². The van der Waals surface area contributed by atoms with Crippen molar-refractivity contribution >= 4 is 23.2 Å². The zero-order chi connectivity index (χ0) is 18.9. The van der Waals surface area contributed by atoms with Crippen molar-refractivity contribution in [1.29, 1.82) is 0 Å². The van der Waals surface area contributed by atoms with Crippen LogP contribution in [0.5, 0.6) is 0 Å². The average Bonchev–Trinajstić information content (AvgIpc) is 2.59. The zero-order valence-corrected chi connectivity index (χ0v) is 15.8. The molecule has 0 aliphatic carbocycles. The molecule has 0 radical (unpaired) electrons. The lowest BCUT2D eigenvalue weighted by molar-refractivity contribution is -0.116. The molecule has 0 bridgehead atoms. The van der Waals surface area contributed by atoms with Gasteiger partial charge in [0.2, 0.25) is 5.91 Å². The molecule has 26 heavy (non-hydrogen) atoms. The maximum Gasteiger partial charge on any atom is 0.224 e. The Kier molecular flexibility index (Phi) is 7.21. The number of amides is 1. The van der Waals surface area contributed by atoms with Crippen molar-refractivity contribution in [2.45, 2.75) is 40.2 Å². The van der Waals surface area contributed by atoms with E-state index in [1.54, 1.807) is 0 Å². The van der Waals surface area contributed by atoms with E-state index in [0.717, 1.165) is 23.4 Å². The van der Waals surface area contributed by atoms with Gasteiger partial charge < -0.3 is 16.4 Å². The second-order valence-corrected chi connectivity index (χ2v) is 6.73. The molecular weight excluding hydrogens is 324 g/mol. The molecule has 2 aromatic carbocycles. The molecule has 0 spiro atoms. The molecular formula is C21H28N4O. The van der Waals surface area contributed by atoms with Gasteiger partial charge in [-0.1, -0.05) is 45.0 Å². The number of nitrogens with two attached hydrogens (primary N) is 1. The van der Waals surface area contributed by atoms with Gasteiger partial charge in [0, 0.05) is 17.8 Å². The fraction of sp³-hybridized carbons (Fsp3) is 0.333. The molecule has 0 atom stereocenters. The van der Waals surface area contributed by atoms with Crippen LogP contribution < -0.4 is 16.4 Å². The van der Waals surface area contributed by atoms with Gasteiger partial charge in [-0.05, 0) is 47.7 Å². The Hall–Kier alpha value is -2.82. The Balaban J connectivity index is 1.96. The van der Waals surface area contributed by atoms with E-state index in [-0.39, 0.29) is 5.91 Å². The zero-order valence-electron chi connectivity index (χ0n) is 15.8. The van der Waals surface area contributed by atoms with Crippen molar-refractivity contribution in [1.82, 2.24) is 0 Å². The molecule has 138 valence electrons. The molecule has 4 N–H and O–H groups in total. The SMILES string of the molecule is CCc1cccc(NC(N)=NCc2cccc(NC(=O)CC(C)C)c2)c1. The lowest BCUT2D eigenvalue weighted by Crippen LogP contribution is -2.22. The highest BCUT2D eigenvalue weighted by Gasteiger charge is 2.05. The average molecular weight is 352 g/mol. The van der Waals surface area contributed by atoms with Crippen LogP contribution in [0.15, 0.2) is 53.5 Å². The molecule has 0 heterocycles. The summed E-state index contributed by atoms with van der Waals surface area (Å²) in [5.41, 5.74) is 9.93. The van der Waals surface area contributed by atoms with Crippen molar-refractivity contribution in [3.05, 3.63) is 59.7 Å². The third-order valence-electron chi connectivity index (χ3n) is 3.84. The van der Waals surface area contributed by atoms with Crippen molar-refractivity contribution < 1.29 is 4.79 Å². The van der Waals surface area contributed by atoms with Crippen LogP contribution >= 0.6 is 0 Å². The van der Waals surface area contributed by atoms with Gasteiger partial charge in [-0.25, -0.2) is 4.99 Å². The quantitative estimate of drug-likeness (QED) is 0.517. The standard InChI is InChI=1S/C21H28N4O/c1-4-16-7-5-10-19(12-16)25-21(22)23-14-17-8-6-9-18(13-17)24-20(26)11-15(2)3/h5-10,12-13,15H,4,11,14H2,1-3H3,(H,24,26)(H3,22,23,25). The summed E-state index contributed by atoms with van der Waals surface area (Å²) in [5, 5.41) is 6.03. The number of anilines is 2. The van der Waals surface area contributed by atoms with Gasteiger partial charge in [0.25, 0.3) is 0 Å². The summed E-state index contributed by atoms with van der Waals surface area (Å²) < 4.78 is 0. The summed E-state index contributed by atoms with van der Waals surface area (Å²) in [6.07, 6.45) is 1.48. The maximum atomic E-state index is 11.9. The summed E-state index contributed by atoms with van der Waals surface area (Å²) in [7, 11) is 0. The lowest BCUT2D eigenvalue weighted by Gasteiger charge is -2.09. The molecule has 0 fully saturated rings. The van der Waals surface area contributed by atoms with Gasteiger partial charge in [0.1, 0.15) is 0 Å². The number of aryl methyl sites for hydroxylation is 1. The number of benzene rings is 2. The van der Waals surface area contributed by atoms with E-state index in [1.807, 2.05) is 50.2 Å². The van der Waals surface area contributed by atoms with Crippen LogP contribution in [-0.4, -0.2) is 11.9 Å². The fourth-order valence-corrected chi connectivity index (χ4v) is 2.56. The monoisotopic (exact) mass is 352 g/mol. The first-order valence-electron chi connectivity index (χ1n) is 9.01. The first kappa shape index (κ1) is 19.5. The van der Waals surface area contributed by atoms with Crippen molar-refractivity contribution in [2.24, 2.45) is 16.6 Å². The molecule has 0 unspecified atom stereocenters. The lowest BCUT2D eigenvalue weighted by atomic mass is 10.1. The molecule has 0 saturated carbocycles. The van der Waals surface area contributed by atoms with E-state index in [1.165, 1.54) is 5.56 Å². The Bertz CT molecular complexity index is 768. The number of guanidine groups is 1. The highest BCUT2D eigenvalue weighted by molar-refractivity contribution is 5.92. The normalized spacial score (nSPS) is 11.5. The summed E-state index contributed by atoms with van der Waals surface area (Å²) in [5.74, 6) is 0.727. The van der Waals surface area contributed by atoms with Gasteiger partial charge >= 0.3 is 0 Å². The van der Waals surface area contributed by atoms with Crippen LogP contribution in [-0.2, 0) is 17.8 Å². The molecule has 5 nitrogen and oxygen atoms in total. The number of rotatable bonds is 7. The number of aliphatic imine (C=N–C) groups is 1. The first-order valence-corrected chi connectivity index (χ1v) is 9.01. The predicted octanol–water partition coefficient (Wildman–Crippen LogP) is 4.16.